The second-order valence-electron chi connectivity index (χ2n) is 32.1. The summed E-state index contributed by atoms with van der Waals surface area (Å²) < 4.78 is 62.0. The molecule has 15 aromatic rings. The summed E-state index contributed by atoms with van der Waals surface area (Å²) in [6, 6.07) is 89.0. The fourth-order valence-electron chi connectivity index (χ4n) is 15.6. The molecule has 0 bridgehead atoms. The molecule has 10 nitrogen and oxygen atoms in total. The lowest BCUT2D eigenvalue weighted by atomic mass is 9.67. The van der Waals surface area contributed by atoms with Gasteiger partial charge in [-0.2, -0.15) is 0 Å². The lowest BCUT2D eigenvalue weighted by molar-refractivity contribution is 0.103. The van der Waals surface area contributed by atoms with Crippen molar-refractivity contribution in [3.63, 3.8) is 0 Å². The van der Waals surface area contributed by atoms with Crippen LogP contribution in [0, 0.1) is 125 Å². The average molecular weight is 1640 g/mol. The maximum Gasteiger partial charge on any atom is 0.206 e. The summed E-state index contributed by atoms with van der Waals surface area (Å²) in [6.07, 6.45) is 0. The van der Waals surface area contributed by atoms with E-state index < -0.39 is 9.84 Å². The molecule has 0 unspecified atom stereocenters. The molecule has 15 aromatic carbocycles. The van der Waals surface area contributed by atoms with Crippen molar-refractivity contribution in [2.45, 2.75) is 140 Å². The van der Waals surface area contributed by atoms with E-state index in [-0.39, 0.29) is 11.2 Å². The first-order valence-electron chi connectivity index (χ1n) is 41.1. The standard InChI is InChI=1S/C29H26O.C17H18O2.C16H18O3S.C14H16O.2C13H14O.C9H12O/c1-19-5-9-22(10-6-19)29(23-11-13-24(30-4)14-12-23)27-17-20(2)7-15-25(27)26-16-8-21(3)18-28(26)29;1-11-5-6-14(9-12(11)2)17(18)15-7-8-16(19-4)13(3)10-15;1-11-5-6-14(9-12(11)2)20(17,18)15-7-8-16(19-4)13(3)10-15;1-9-5-12-7-11(3)14(15-4)8-13(12)6-10(9)2;1-9-6-10(2)13-8-12(14-3)5-4-11(13)7-9;1-9-4-5-11-7-10(2)13(14-3)8-12(11)6-9;1-7-4-5-9(10-3)8(2)6-7/h5-18H,1-4H3;5-10H,1-4H3;5-10H,1-4H3;5-8H,1-4H3;2*4-8H,1-3H3;4-6H,1-3H3. The lowest BCUT2D eigenvalue weighted by Gasteiger charge is -2.34. The van der Waals surface area contributed by atoms with Crippen molar-refractivity contribution < 1.29 is 46.4 Å². The largest absolute Gasteiger partial charge is 0.497 e. The summed E-state index contributed by atoms with van der Waals surface area (Å²) in [5, 5.41) is 7.61. The molecular weight excluding hydrogens is 1530 g/mol. The van der Waals surface area contributed by atoms with Crippen LogP contribution in [0.5, 0.6) is 40.2 Å². The summed E-state index contributed by atoms with van der Waals surface area (Å²) in [6.45, 7) is 37.1. The maximum absolute atomic E-state index is 12.6. The smallest absolute Gasteiger partial charge is 0.206 e. The Morgan fingerprint density at radius 3 is 1.08 bits per heavy atom. The fraction of sp³-hybridized carbons (Fsp3) is 0.234. The zero-order valence-electron chi connectivity index (χ0n) is 75.8. The molecular formula is C111H118O10S. The van der Waals surface area contributed by atoms with Crippen molar-refractivity contribution >= 4 is 47.9 Å². The number of aryl methyl sites for hydroxylation is 18. The number of ether oxygens (including phenoxy) is 7. The number of hydrogen-bond acceptors (Lipinski definition) is 10. The van der Waals surface area contributed by atoms with Crippen LogP contribution >= 0.6 is 0 Å². The minimum absolute atomic E-state index is 0.0499. The zero-order valence-corrected chi connectivity index (χ0v) is 76.6. The molecule has 16 rings (SSSR count). The highest BCUT2D eigenvalue weighted by Crippen LogP contribution is 2.57. The Bertz CT molecular complexity index is 6340. The first-order chi connectivity index (χ1) is 58.2. The van der Waals surface area contributed by atoms with Crippen molar-refractivity contribution in [1.29, 1.82) is 0 Å². The van der Waals surface area contributed by atoms with Gasteiger partial charge in [0.2, 0.25) is 9.84 Å². The number of benzene rings is 15. The normalized spacial score (nSPS) is 11.3. The van der Waals surface area contributed by atoms with E-state index in [1.165, 1.54) is 138 Å². The van der Waals surface area contributed by atoms with E-state index in [0.717, 1.165) is 67.9 Å². The van der Waals surface area contributed by atoms with Crippen molar-refractivity contribution in [3.8, 4) is 51.4 Å². The molecule has 0 aromatic heterocycles. The number of rotatable bonds is 13. The number of hydrogen-bond donors (Lipinski definition) is 0. The predicted octanol–water partition coefficient (Wildman–Crippen LogP) is 27.3. The Labute approximate surface area is 725 Å². The molecule has 0 aliphatic heterocycles. The van der Waals surface area contributed by atoms with E-state index in [1.807, 2.05) is 109 Å². The molecule has 0 radical (unpaired) electrons. The lowest BCUT2D eigenvalue weighted by Crippen LogP contribution is -2.28. The molecule has 0 heterocycles. The van der Waals surface area contributed by atoms with Crippen LogP contribution in [0.2, 0.25) is 0 Å². The molecule has 0 spiro atoms. The highest BCUT2D eigenvalue weighted by atomic mass is 32.2. The fourth-order valence-corrected chi connectivity index (χ4v) is 17.0. The molecule has 0 amide bonds. The first kappa shape index (κ1) is 91.6. The van der Waals surface area contributed by atoms with Gasteiger partial charge in [0.15, 0.2) is 5.78 Å². The Morgan fingerprint density at radius 2 is 0.582 bits per heavy atom. The van der Waals surface area contributed by atoms with Crippen LogP contribution in [0.25, 0.3) is 43.4 Å². The Kier molecular flexibility index (Phi) is 30.5. The van der Waals surface area contributed by atoms with Gasteiger partial charge < -0.3 is 33.2 Å². The first-order valence-corrected chi connectivity index (χ1v) is 42.6. The van der Waals surface area contributed by atoms with Crippen LogP contribution in [-0.2, 0) is 15.3 Å². The van der Waals surface area contributed by atoms with E-state index in [2.05, 4.69) is 246 Å². The van der Waals surface area contributed by atoms with Gasteiger partial charge in [0, 0.05) is 11.1 Å². The van der Waals surface area contributed by atoms with Crippen LogP contribution < -0.4 is 33.2 Å². The summed E-state index contributed by atoms with van der Waals surface area (Å²) in [5.74, 6) is 6.23. The molecule has 1 aliphatic rings. The third kappa shape index (κ3) is 21.4. The van der Waals surface area contributed by atoms with Gasteiger partial charge in [-0.3, -0.25) is 4.79 Å². The van der Waals surface area contributed by atoms with Crippen LogP contribution in [0.15, 0.2) is 271 Å². The summed E-state index contributed by atoms with van der Waals surface area (Å²) >= 11 is 0. The van der Waals surface area contributed by atoms with Crippen LogP contribution in [0.4, 0.5) is 0 Å². The Hall–Kier alpha value is -12.7. The van der Waals surface area contributed by atoms with Gasteiger partial charge in [0.1, 0.15) is 40.2 Å². The second kappa shape index (κ2) is 40.6. The second-order valence-corrected chi connectivity index (χ2v) is 34.0. The molecule has 0 saturated carbocycles. The molecule has 0 saturated heterocycles. The topological polar surface area (TPSA) is 116 Å². The molecule has 0 N–H and O–H groups in total. The zero-order chi connectivity index (χ0) is 88.6. The monoisotopic (exact) mass is 1640 g/mol. The van der Waals surface area contributed by atoms with Gasteiger partial charge in [-0.25, -0.2) is 8.42 Å². The Morgan fingerprint density at radius 1 is 0.238 bits per heavy atom. The van der Waals surface area contributed by atoms with E-state index >= 15 is 0 Å². The molecule has 628 valence electrons. The molecule has 1 aliphatic carbocycles. The number of sulfone groups is 1. The third-order valence-corrected chi connectivity index (χ3v) is 24.6. The highest BCUT2D eigenvalue weighted by molar-refractivity contribution is 7.91. The van der Waals surface area contributed by atoms with Gasteiger partial charge in [-0.05, 0) is 366 Å². The van der Waals surface area contributed by atoms with Crippen LogP contribution in [0.3, 0.4) is 0 Å². The summed E-state index contributed by atoms with van der Waals surface area (Å²) in [7, 11) is 8.26. The van der Waals surface area contributed by atoms with Crippen molar-refractivity contribution in [2.75, 3.05) is 49.8 Å². The molecule has 0 atom stereocenters. The minimum Gasteiger partial charge on any atom is -0.497 e. The van der Waals surface area contributed by atoms with Gasteiger partial charge in [0.25, 0.3) is 0 Å². The molecule has 122 heavy (non-hydrogen) atoms. The summed E-state index contributed by atoms with van der Waals surface area (Å²) in [5.41, 5.74) is 30.4. The number of methoxy groups -OCH3 is 7. The predicted molar refractivity (Wildman–Crippen MR) is 508 cm³/mol. The quantitative estimate of drug-likeness (QED) is 0.103. The third-order valence-electron chi connectivity index (χ3n) is 22.9. The SMILES string of the molecule is COc1cc2cc(C)c(C)cc2cc1C.COc1cc2cc(C)ccc2cc1C.COc1ccc(C(=O)c2ccc(C)c(C)c2)cc1C.COc1ccc(C)cc1C.COc1ccc(C2(c3ccc(C)cc3)c3cc(C)ccc3-c3ccc(C)cc32)cc1.COc1ccc(S(=O)(=O)c2ccc(C)c(C)c2)cc1C.COc1ccc2cc(C)cc(C)c2c1. The summed E-state index contributed by atoms with van der Waals surface area (Å²) in [4.78, 5) is 13.0. The van der Waals surface area contributed by atoms with E-state index in [4.69, 9.17) is 33.2 Å². The van der Waals surface area contributed by atoms with Gasteiger partial charge >= 0.3 is 0 Å². The van der Waals surface area contributed by atoms with Crippen molar-refractivity contribution in [1.82, 2.24) is 0 Å². The number of carbonyl (C=O) groups excluding carboxylic acids is 1. The van der Waals surface area contributed by atoms with Crippen LogP contribution in [0.1, 0.15) is 138 Å². The van der Waals surface area contributed by atoms with E-state index in [9.17, 15) is 13.2 Å². The van der Waals surface area contributed by atoms with E-state index in [1.54, 1.807) is 80.1 Å². The van der Waals surface area contributed by atoms with Crippen LogP contribution in [-0.4, -0.2) is 64.0 Å². The Balaban J connectivity index is 0.000000153. The molecule has 0 fully saturated rings. The van der Waals surface area contributed by atoms with Gasteiger partial charge in [-0.1, -0.05) is 185 Å². The number of ketones is 1. The average Bonchev–Trinajstić information content (AvgIpc) is 1.53. The maximum atomic E-state index is 12.6. The highest BCUT2D eigenvalue weighted by Gasteiger charge is 2.46. The van der Waals surface area contributed by atoms with Gasteiger partial charge in [-0.15, -0.1) is 0 Å². The van der Waals surface area contributed by atoms with Gasteiger partial charge in [0.05, 0.1) is 65.0 Å². The van der Waals surface area contributed by atoms with Crippen molar-refractivity contribution in [3.05, 3.63) is 394 Å². The van der Waals surface area contributed by atoms with Crippen molar-refractivity contribution in [2.24, 2.45) is 0 Å². The molecule has 11 heteroatoms. The number of fused-ring (bicyclic) bond motifs is 6. The van der Waals surface area contributed by atoms with E-state index in [0.29, 0.717) is 21.1 Å². The number of carbonyl (C=O) groups is 1. The minimum atomic E-state index is -3.48.